The van der Waals surface area contributed by atoms with Gasteiger partial charge in [-0.2, -0.15) is 0 Å². The lowest BCUT2D eigenvalue weighted by Gasteiger charge is -2.38. The van der Waals surface area contributed by atoms with Crippen molar-refractivity contribution in [1.29, 1.82) is 0 Å². The predicted molar refractivity (Wildman–Crippen MR) is 80.4 cm³/mol. The third-order valence-electron chi connectivity index (χ3n) is 4.45. The zero-order valence-electron chi connectivity index (χ0n) is 12.7. The molecular weight excluding hydrogens is 248 g/mol. The van der Waals surface area contributed by atoms with E-state index in [0.717, 1.165) is 25.1 Å². The molecule has 3 heteroatoms. The Morgan fingerprint density at radius 3 is 2.80 bits per heavy atom. The summed E-state index contributed by atoms with van der Waals surface area (Å²) in [4.78, 5) is 7.13. The summed E-state index contributed by atoms with van der Waals surface area (Å²) in [5, 5.41) is 0. The van der Waals surface area contributed by atoms with Crippen LogP contribution in [0.25, 0.3) is 0 Å². The van der Waals surface area contributed by atoms with E-state index in [1.165, 1.54) is 37.9 Å². The van der Waals surface area contributed by atoms with Crippen LogP contribution in [0.3, 0.4) is 0 Å². The molecule has 1 aliphatic carbocycles. The van der Waals surface area contributed by atoms with Gasteiger partial charge in [-0.25, -0.2) is 0 Å². The van der Waals surface area contributed by atoms with Crippen molar-refractivity contribution < 1.29 is 4.74 Å². The molecule has 1 saturated heterocycles. The molecule has 2 heterocycles. The monoisotopic (exact) mass is 274 g/mol. The van der Waals surface area contributed by atoms with Crippen molar-refractivity contribution in [3.8, 4) is 0 Å². The highest BCUT2D eigenvalue weighted by atomic mass is 16.5. The third-order valence-corrected chi connectivity index (χ3v) is 4.45. The van der Waals surface area contributed by atoms with Crippen LogP contribution in [0.5, 0.6) is 0 Å². The fourth-order valence-corrected chi connectivity index (χ4v) is 3.33. The Kier molecular flexibility index (Phi) is 4.08. The molecule has 0 spiro atoms. The lowest BCUT2D eigenvalue weighted by molar-refractivity contribution is -0.0775. The predicted octanol–water partition coefficient (Wildman–Crippen LogP) is 3.25. The van der Waals surface area contributed by atoms with Crippen LogP contribution >= 0.6 is 0 Å². The van der Waals surface area contributed by atoms with Gasteiger partial charge in [0.25, 0.3) is 0 Å². The Hall–Kier alpha value is -0.930. The third kappa shape index (κ3) is 3.80. The van der Waals surface area contributed by atoms with Gasteiger partial charge < -0.3 is 4.74 Å². The van der Waals surface area contributed by atoms with Crippen molar-refractivity contribution in [3.05, 3.63) is 30.1 Å². The molecule has 0 radical (unpaired) electrons. The highest BCUT2D eigenvalue weighted by Gasteiger charge is 2.34. The Labute approximate surface area is 122 Å². The maximum Gasteiger partial charge on any atom is 0.0629 e. The normalized spacial score (nSPS) is 25.9. The number of nitrogens with zero attached hydrogens (tertiary/aromatic N) is 2. The molecule has 0 amide bonds. The van der Waals surface area contributed by atoms with Gasteiger partial charge in [-0.3, -0.25) is 9.88 Å². The van der Waals surface area contributed by atoms with Crippen LogP contribution in [0.15, 0.2) is 24.4 Å². The zero-order chi connectivity index (χ0) is 14.0. The summed E-state index contributed by atoms with van der Waals surface area (Å²) in [6.45, 7) is 7.57. The second-order valence-corrected chi connectivity index (χ2v) is 6.95. The maximum atomic E-state index is 5.84. The van der Waals surface area contributed by atoms with Crippen molar-refractivity contribution in [2.24, 2.45) is 5.92 Å². The number of ether oxygens (including phenoxy) is 1. The molecule has 110 valence electrons. The van der Waals surface area contributed by atoms with Crippen molar-refractivity contribution in [3.63, 3.8) is 0 Å². The molecule has 1 saturated carbocycles. The highest BCUT2D eigenvalue weighted by Crippen LogP contribution is 2.33. The lowest BCUT2D eigenvalue weighted by Crippen LogP contribution is -2.40. The Morgan fingerprint density at radius 2 is 2.15 bits per heavy atom. The van der Waals surface area contributed by atoms with Crippen LogP contribution in [0.1, 0.15) is 45.2 Å². The molecule has 0 aromatic carbocycles. The number of rotatable bonds is 5. The summed E-state index contributed by atoms with van der Waals surface area (Å²) >= 11 is 0. The van der Waals surface area contributed by atoms with Gasteiger partial charge in [0.2, 0.25) is 0 Å². The minimum Gasteiger partial charge on any atom is -0.376 e. The lowest BCUT2D eigenvalue weighted by atomic mass is 9.88. The second kappa shape index (κ2) is 5.82. The molecular formula is C17H26N2O. The van der Waals surface area contributed by atoms with Gasteiger partial charge in [0, 0.05) is 31.9 Å². The van der Waals surface area contributed by atoms with Gasteiger partial charge in [-0.05, 0) is 57.6 Å². The van der Waals surface area contributed by atoms with Crippen LogP contribution in [0.4, 0.5) is 0 Å². The molecule has 1 aromatic rings. The first-order valence-corrected chi connectivity index (χ1v) is 7.90. The van der Waals surface area contributed by atoms with Gasteiger partial charge in [-0.1, -0.05) is 6.07 Å². The zero-order valence-corrected chi connectivity index (χ0v) is 12.7. The van der Waals surface area contributed by atoms with Crippen molar-refractivity contribution >= 4 is 0 Å². The first kappa shape index (κ1) is 14.0. The van der Waals surface area contributed by atoms with Crippen LogP contribution < -0.4 is 0 Å². The minimum absolute atomic E-state index is 0.0587. The number of pyridine rings is 1. The summed E-state index contributed by atoms with van der Waals surface area (Å²) in [6.07, 6.45) is 7.00. The first-order valence-electron chi connectivity index (χ1n) is 7.90. The van der Waals surface area contributed by atoms with Gasteiger partial charge in [0.05, 0.1) is 11.3 Å². The van der Waals surface area contributed by atoms with Gasteiger partial charge >= 0.3 is 0 Å². The molecule has 3 nitrogen and oxygen atoms in total. The van der Waals surface area contributed by atoms with Gasteiger partial charge in [0.1, 0.15) is 0 Å². The average Bonchev–Trinajstić information content (AvgIpc) is 3.22. The van der Waals surface area contributed by atoms with E-state index >= 15 is 0 Å². The van der Waals surface area contributed by atoms with Crippen molar-refractivity contribution in [2.45, 2.75) is 57.7 Å². The maximum absolute atomic E-state index is 5.84. The molecule has 1 aliphatic heterocycles. The standard InChI is InChI=1S/C17H26N2O/c1-17(2)11-14(8-10-20-17)12-19(16-6-7-16)13-15-5-3-4-9-18-15/h3-5,9,14,16H,6-8,10-13H2,1-2H3/t14-/m0/s1. The Bertz CT molecular complexity index is 428. The molecule has 3 rings (SSSR count). The summed E-state index contributed by atoms with van der Waals surface area (Å²) in [6, 6.07) is 7.02. The molecule has 0 N–H and O–H groups in total. The van der Waals surface area contributed by atoms with E-state index in [4.69, 9.17) is 4.74 Å². The molecule has 0 bridgehead atoms. The van der Waals surface area contributed by atoms with Gasteiger partial charge in [0.15, 0.2) is 0 Å². The van der Waals surface area contributed by atoms with Crippen molar-refractivity contribution in [1.82, 2.24) is 9.88 Å². The molecule has 2 aliphatic rings. The molecule has 2 fully saturated rings. The highest BCUT2D eigenvalue weighted by molar-refractivity contribution is 5.04. The van der Waals surface area contributed by atoms with Crippen LogP contribution in [0.2, 0.25) is 0 Å². The van der Waals surface area contributed by atoms with Crippen LogP contribution in [-0.2, 0) is 11.3 Å². The van der Waals surface area contributed by atoms with E-state index in [9.17, 15) is 0 Å². The van der Waals surface area contributed by atoms with Crippen LogP contribution in [-0.4, -0.2) is 34.7 Å². The van der Waals surface area contributed by atoms with E-state index < -0.39 is 0 Å². The van der Waals surface area contributed by atoms with E-state index in [2.05, 4.69) is 35.9 Å². The van der Waals surface area contributed by atoms with Crippen molar-refractivity contribution in [2.75, 3.05) is 13.2 Å². The van der Waals surface area contributed by atoms with E-state index in [1.54, 1.807) is 0 Å². The Morgan fingerprint density at radius 1 is 1.30 bits per heavy atom. The number of hydrogen-bond donors (Lipinski definition) is 0. The molecule has 1 atom stereocenters. The summed E-state index contributed by atoms with van der Waals surface area (Å²) in [5.74, 6) is 0.767. The first-order chi connectivity index (χ1) is 9.62. The minimum atomic E-state index is 0.0587. The quantitative estimate of drug-likeness (QED) is 0.824. The molecule has 20 heavy (non-hydrogen) atoms. The second-order valence-electron chi connectivity index (χ2n) is 6.95. The van der Waals surface area contributed by atoms with E-state index in [1.807, 2.05) is 12.3 Å². The fourth-order valence-electron chi connectivity index (χ4n) is 3.33. The summed E-state index contributed by atoms with van der Waals surface area (Å²) in [5.41, 5.74) is 1.26. The molecule has 0 unspecified atom stereocenters. The largest absolute Gasteiger partial charge is 0.376 e. The topological polar surface area (TPSA) is 25.4 Å². The van der Waals surface area contributed by atoms with E-state index in [-0.39, 0.29) is 5.60 Å². The SMILES string of the molecule is CC1(C)C[C@@H](CN(Cc2ccccn2)C2CC2)CCO1. The summed E-state index contributed by atoms with van der Waals surface area (Å²) < 4.78 is 5.84. The fraction of sp³-hybridized carbons (Fsp3) is 0.706. The summed E-state index contributed by atoms with van der Waals surface area (Å²) in [7, 11) is 0. The Balaban J connectivity index is 1.60. The number of hydrogen-bond acceptors (Lipinski definition) is 3. The van der Waals surface area contributed by atoms with Crippen LogP contribution in [0, 0.1) is 5.92 Å². The molecule has 1 aromatic heterocycles. The average molecular weight is 274 g/mol. The van der Waals surface area contributed by atoms with E-state index in [0.29, 0.717) is 0 Å². The smallest absolute Gasteiger partial charge is 0.0629 e. The number of aromatic nitrogens is 1. The van der Waals surface area contributed by atoms with Gasteiger partial charge in [-0.15, -0.1) is 0 Å².